The first kappa shape index (κ1) is 16.8. The Hall–Kier alpha value is -1.57. The largest absolute Gasteiger partial charge is 0.495 e. The number of amides is 1. The molecule has 0 aliphatic heterocycles. The van der Waals surface area contributed by atoms with Crippen molar-refractivity contribution in [3.05, 3.63) is 40.3 Å². The number of thiazole rings is 1. The molecule has 2 aromatic rings. The molecule has 7 heteroatoms. The zero-order chi connectivity index (χ0) is 15.9. The quantitative estimate of drug-likeness (QED) is 0.811. The molecule has 1 amide bonds. The van der Waals surface area contributed by atoms with Gasteiger partial charge in [-0.2, -0.15) is 11.8 Å². The average Bonchev–Trinajstić information content (AvgIpc) is 3.03. The molecule has 22 heavy (non-hydrogen) atoms. The van der Waals surface area contributed by atoms with E-state index >= 15 is 0 Å². The molecule has 0 aliphatic carbocycles. The Morgan fingerprint density at radius 1 is 1.50 bits per heavy atom. The van der Waals surface area contributed by atoms with Crippen LogP contribution in [0.4, 0.5) is 5.69 Å². The molecule has 1 heterocycles. The van der Waals surface area contributed by atoms with Crippen LogP contribution in [0.3, 0.4) is 0 Å². The van der Waals surface area contributed by atoms with E-state index in [0.29, 0.717) is 17.1 Å². The lowest BCUT2D eigenvalue weighted by molar-refractivity contribution is 0.102. The molecule has 5 nitrogen and oxygen atoms in total. The third-order valence-corrected chi connectivity index (χ3v) is 4.68. The number of nitrogens with one attached hydrogen (secondary N) is 1. The van der Waals surface area contributed by atoms with Crippen LogP contribution in [-0.4, -0.2) is 30.0 Å². The lowest BCUT2D eigenvalue weighted by atomic mass is 10.2. The molecule has 118 valence electrons. The minimum absolute atomic E-state index is 0.120. The van der Waals surface area contributed by atoms with Crippen LogP contribution < -0.4 is 15.8 Å². The molecular weight excluding hydrogens is 318 g/mol. The standard InChI is InChI=1S/C15H19N3O2S2/c1-20-13-6-4-3-5-11(13)17-14(19)12-9-22-15(18-12)10(16)7-8-21-2/h3-6,9-10H,7-8,16H2,1-2H3,(H,17,19). The zero-order valence-corrected chi connectivity index (χ0v) is 14.2. The van der Waals surface area contributed by atoms with E-state index < -0.39 is 0 Å². The van der Waals surface area contributed by atoms with E-state index in [0.717, 1.165) is 17.2 Å². The van der Waals surface area contributed by atoms with Gasteiger partial charge in [0.25, 0.3) is 5.91 Å². The molecule has 1 aromatic carbocycles. The molecule has 0 saturated carbocycles. The highest BCUT2D eigenvalue weighted by atomic mass is 32.2. The van der Waals surface area contributed by atoms with Gasteiger partial charge in [-0.3, -0.25) is 4.79 Å². The van der Waals surface area contributed by atoms with E-state index in [1.807, 2.05) is 18.4 Å². The van der Waals surface area contributed by atoms with Gasteiger partial charge in [-0.15, -0.1) is 11.3 Å². The summed E-state index contributed by atoms with van der Waals surface area (Å²) in [6, 6.07) is 7.14. The summed E-state index contributed by atoms with van der Waals surface area (Å²) >= 11 is 3.17. The third-order valence-electron chi connectivity index (χ3n) is 3.06. The second kappa shape index (κ2) is 8.17. The summed E-state index contributed by atoms with van der Waals surface area (Å²) in [7, 11) is 1.57. The van der Waals surface area contributed by atoms with Gasteiger partial charge in [0.1, 0.15) is 16.5 Å². The molecular formula is C15H19N3O2S2. The maximum atomic E-state index is 12.3. The number of nitrogens with two attached hydrogens (primary N) is 1. The molecule has 1 atom stereocenters. The number of thioether (sulfide) groups is 1. The van der Waals surface area contributed by atoms with Crippen molar-refractivity contribution in [1.82, 2.24) is 4.98 Å². The SMILES string of the molecule is COc1ccccc1NC(=O)c1csc(C(N)CCSC)n1. The number of carbonyl (C=O) groups excluding carboxylic acids is 1. The van der Waals surface area contributed by atoms with Gasteiger partial charge in [-0.05, 0) is 30.6 Å². The number of ether oxygens (including phenoxy) is 1. The molecule has 0 fully saturated rings. The van der Waals surface area contributed by atoms with Crippen molar-refractivity contribution in [2.45, 2.75) is 12.5 Å². The lowest BCUT2D eigenvalue weighted by Gasteiger charge is -2.08. The van der Waals surface area contributed by atoms with Gasteiger partial charge in [0, 0.05) is 5.38 Å². The Labute approximate surface area is 138 Å². The van der Waals surface area contributed by atoms with Crippen molar-refractivity contribution in [3.8, 4) is 5.75 Å². The summed E-state index contributed by atoms with van der Waals surface area (Å²) in [5, 5.41) is 5.33. The molecule has 0 spiro atoms. The first-order chi connectivity index (χ1) is 10.7. The number of rotatable bonds is 7. The normalized spacial score (nSPS) is 12.0. The van der Waals surface area contributed by atoms with Crippen molar-refractivity contribution >= 4 is 34.7 Å². The van der Waals surface area contributed by atoms with Crippen LogP contribution in [0.2, 0.25) is 0 Å². The first-order valence-corrected chi connectivity index (χ1v) is 9.07. The Morgan fingerprint density at radius 2 is 2.27 bits per heavy atom. The third kappa shape index (κ3) is 4.22. The topological polar surface area (TPSA) is 77.2 Å². The molecule has 0 saturated heterocycles. The lowest BCUT2D eigenvalue weighted by Crippen LogP contribution is -2.15. The van der Waals surface area contributed by atoms with Crippen LogP contribution in [0.1, 0.15) is 28.0 Å². The average molecular weight is 337 g/mol. The van der Waals surface area contributed by atoms with E-state index in [1.165, 1.54) is 11.3 Å². The van der Waals surface area contributed by atoms with Gasteiger partial charge < -0.3 is 15.8 Å². The number of anilines is 1. The van der Waals surface area contributed by atoms with Gasteiger partial charge in [-0.25, -0.2) is 4.98 Å². The van der Waals surface area contributed by atoms with Crippen LogP contribution in [0.5, 0.6) is 5.75 Å². The van der Waals surface area contributed by atoms with E-state index in [4.69, 9.17) is 10.5 Å². The highest BCUT2D eigenvalue weighted by Crippen LogP contribution is 2.25. The van der Waals surface area contributed by atoms with Crippen molar-refractivity contribution in [2.75, 3.05) is 24.4 Å². The molecule has 0 bridgehead atoms. The van der Waals surface area contributed by atoms with Crippen molar-refractivity contribution in [1.29, 1.82) is 0 Å². The molecule has 3 N–H and O–H groups in total. The monoisotopic (exact) mass is 337 g/mol. The molecule has 0 aliphatic rings. The number of para-hydroxylation sites is 2. The summed E-state index contributed by atoms with van der Waals surface area (Å²) in [5.41, 5.74) is 7.08. The molecule has 1 unspecified atom stereocenters. The van der Waals surface area contributed by atoms with E-state index in [1.54, 1.807) is 36.4 Å². The second-order valence-electron chi connectivity index (χ2n) is 4.61. The number of hydrogen-bond acceptors (Lipinski definition) is 6. The van der Waals surface area contributed by atoms with Gasteiger partial charge in [0.05, 0.1) is 18.8 Å². The number of nitrogens with zero attached hydrogens (tertiary/aromatic N) is 1. The fourth-order valence-electron chi connectivity index (χ4n) is 1.86. The van der Waals surface area contributed by atoms with E-state index in [2.05, 4.69) is 10.3 Å². The van der Waals surface area contributed by atoms with E-state index in [-0.39, 0.29) is 11.9 Å². The fraction of sp³-hybridized carbons (Fsp3) is 0.333. The van der Waals surface area contributed by atoms with Crippen LogP contribution in [0, 0.1) is 0 Å². The Morgan fingerprint density at radius 3 is 3.00 bits per heavy atom. The van der Waals surface area contributed by atoms with Gasteiger partial charge >= 0.3 is 0 Å². The predicted molar refractivity (Wildman–Crippen MR) is 93.0 cm³/mol. The summed E-state index contributed by atoms with van der Waals surface area (Å²) in [5.74, 6) is 1.33. The smallest absolute Gasteiger partial charge is 0.275 e. The second-order valence-corrected chi connectivity index (χ2v) is 6.49. The fourth-order valence-corrected chi connectivity index (χ4v) is 3.19. The number of hydrogen-bond donors (Lipinski definition) is 2. The highest BCUT2D eigenvalue weighted by Gasteiger charge is 2.16. The van der Waals surface area contributed by atoms with E-state index in [9.17, 15) is 4.79 Å². The summed E-state index contributed by atoms with van der Waals surface area (Å²) in [4.78, 5) is 16.6. The molecule has 2 rings (SSSR count). The maximum absolute atomic E-state index is 12.3. The Bertz CT molecular complexity index is 631. The number of methoxy groups -OCH3 is 1. The van der Waals surface area contributed by atoms with Crippen LogP contribution in [0.15, 0.2) is 29.6 Å². The summed E-state index contributed by atoms with van der Waals surface area (Å²) in [6.45, 7) is 0. The van der Waals surface area contributed by atoms with Crippen molar-refractivity contribution < 1.29 is 9.53 Å². The summed E-state index contributed by atoms with van der Waals surface area (Å²) < 4.78 is 5.21. The van der Waals surface area contributed by atoms with Crippen LogP contribution >= 0.6 is 23.1 Å². The number of benzene rings is 1. The van der Waals surface area contributed by atoms with Crippen molar-refractivity contribution in [3.63, 3.8) is 0 Å². The minimum Gasteiger partial charge on any atom is -0.495 e. The van der Waals surface area contributed by atoms with Crippen molar-refractivity contribution in [2.24, 2.45) is 5.73 Å². The Kier molecular flexibility index (Phi) is 6.23. The minimum atomic E-state index is -0.260. The van der Waals surface area contributed by atoms with Crippen LogP contribution in [0.25, 0.3) is 0 Å². The van der Waals surface area contributed by atoms with Gasteiger partial charge in [0.2, 0.25) is 0 Å². The summed E-state index contributed by atoms with van der Waals surface area (Å²) in [6.07, 6.45) is 2.89. The zero-order valence-electron chi connectivity index (χ0n) is 12.5. The first-order valence-electron chi connectivity index (χ1n) is 6.80. The predicted octanol–water partition coefficient (Wildman–Crippen LogP) is 3.16. The van der Waals surface area contributed by atoms with Gasteiger partial charge in [0.15, 0.2) is 0 Å². The maximum Gasteiger partial charge on any atom is 0.275 e. The number of aromatic nitrogens is 1. The Balaban J connectivity index is 2.06. The number of carbonyl (C=O) groups is 1. The van der Waals surface area contributed by atoms with Crippen LogP contribution in [-0.2, 0) is 0 Å². The molecule has 0 radical (unpaired) electrons. The van der Waals surface area contributed by atoms with Gasteiger partial charge in [-0.1, -0.05) is 12.1 Å². The molecule has 1 aromatic heterocycles. The highest BCUT2D eigenvalue weighted by molar-refractivity contribution is 7.98.